The van der Waals surface area contributed by atoms with Crippen molar-refractivity contribution < 1.29 is 22.9 Å². The highest BCUT2D eigenvalue weighted by Crippen LogP contribution is 2.09. The Morgan fingerprint density at radius 2 is 1.37 bits per heavy atom. The third kappa shape index (κ3) is 16.9. The van der Waals surface area contributed by atoms with Crippen LogP contribution in [0.2, 0.25) is 0 Å². The van der Waals surface area contributed by atoms with Crippen LogP contribution in [-0.4, -0.2) is 31.5 Å². The molecule has 0 fully saturated rings. The summed E-state index contributed by atoms with van der Waals surface area (Å²) in [7, 11) is -4.27. The molecule has 0 aliphatic carbocycles. The van der Waals surface area contributed by atoms with E-state index in [9.17, 15) is 22.9 Å². The Kier molecular flexibility index (Phi) is 19.9. The molecule has 1 atom stereocenters. The molecule has 8 nitrogen and oxygen atoms in total. The van der Waals surface area contributed by atoms with E-state index in [-0.39, 0.29) is 17.2 Å². The Balaban J connectivity index is 0. The molecular formula is C26H45N3O5S. The second kappa shape index (κ2) is 19.9. The largest absolute Gasteiger partial charge is 0.744 e. The van der Waals surface area contributed by atoms with Crippen LogP contribution in [0, 0.1) is 6.92 Å². The minimum atomic E-state index is -4.27. The lowest BCUT2D eigenvalue weighted by Gasteiger charge is -2.19. The van der Waals surface area contributed by atoms with Crippen LogP contribution >= 0.6 is 0 Å². The molecule has 35 heavy (non-hydrogen) atoms. The third-order valence-corrected chi connectivity index (χ3v) is 6.15. The number of carboxylic acid groups (broad SMARTS) is 1. The van der Waals surface area contributed by atoms with Crippen molar-refractivity contribution in [3.05, 3.63) is 65.7 Å². The van der Waals surface area contributed by atoms with Gasteiger partial charge in [-0.3, -0.25) is 0 Å². The Bertz CT molecular complexity index is 891. The Morgan fingerprint density at radius 3 is 1.86 bits per heavy atom. The van der Waals surface area contributed by atoms with Gasteiger partial charge < -0.3 is 32.1 Å². The van der Waals surface area contributed by atoms with E-state index in [2.05, 4.69) is 12.2 Å². The number of carbonyl (C=O) groups is 1. The molecule has 2 aromatic rings. The fourth-order valence-electron chi connectivity index (χ4n) is 3.33. The number of carboxylic acids is 1. The lowest BCUT2D eigenvalue weighted by atomic mass is 10.1. The van der Waals surface area contributed by atoms with E-state index >= 15 is 0 Å². The first-order valence-corrected chi connectivity index (χ1v) is 13.2. The molecule has 0 radical (unpaired) electrons. The standard InChI is InChI=1S/C19H31NO2.C7H8O3S.2H3N/c1-2-3-4-5-6-7-8-12-15-20-18(19(21)22)16-17-13-10-9-11-14-17;1-6-2-4-7(5-3-6)11(8,9)10;;/h9-11,13-14,18,20H,2-8,12,15-16H2,1H3,(H,21,22);2-5H,1H3,(H,8,9,10);2*1H3/t18-;;;/m0.../s1. The van der Waals surface area contributed by atoms with Gasteiger partial charge in [0.15, 0.2) is 0 Å². The van der Waals surface area contributed by atoms with Gasteiger partial charge in [0, 0.05) is 0 Å². The number of benzene rings is 2. The lowest BCUT2D eigenvalue weighted by Crippen LogP contribution is -2.47. The van der Waals surface area contributed by atoms with Crippen molar-refractivity contribution in [2.75, 3.05) is 6.54 Å². The van der Waals surface area contributed by atoms with Crippen molar-refractivity contribution in [3.63, 3.8) is 0 Å². The minimum Gasteiger partial charge on any atom is -0.744 e. The van der Waals surface area contributed by atoms with Gasteiger partial charge >= 0.3 is 0 Å². The van der Waals surface area contributed by atoms with E-state index < -0.39 is 22.1 Å². The number of aliphatic carboxylic acids is 1. The first-order chi connectivity index (χ1) is 15.7. The van der Waals surface area contributed by atoms with Crippen molar-refractivity contribution in [1.29, 1.82) is 0 Å². The molecule has 0 aliphatic rings. The molecule has 0 aliphatic heterocycles. The zero-order valence-corrected chi connectivity index (χ0v) is 22.6. The molecule has 0 saturated heterocycles. The maximum atomic E-state index is 11.2. The van der Waals surface area contributed by atoms with E-state index in [1.807, 2.05) is 37.3 Å². The molecular weight excluding hydrogens is 466 g/mol. The minimum absolute atomic E-state index is 0. The van der Waals surface area contributed by atoms with Gasteiger partial charge in [-0.15, -0.1) is 0 Å². The van der Waals surface area contributed by atoms with E-state index in [0.29, 0.717) is 6.42 Å². The molecule has 0 aromatic heterocycles. The predicted molar refractivity (Wildman–Crippen MR) is 141 cm³/mol. The van der Waals surface area contributed by atoms with Gasteiger partial charge in [-0.2, -0.15) is 0 Å². The topological polar surface area (TPSA) is 182 Å². The number of aryl methyl sites for hydroxylation is 1. The summed E-state index contributed by atoms with van der Waals surface area (Å²) in [4.78, 5) is 11.0. The van der Waals surface area contributed by atoms with E-state index in [1.54, 1.807) is 12.1 Å². The predicted octanol–water partition coefficient (Wildman–Crippen LogP) is 4.73. The molecule has 9 heteroatoms. The van der Waals surface area contributed by atoms with Gasteiger partial charge in [0.25, 0.3) is 0 Å². The van der Waals surface area contributed by atoms with Gasteiger partial charge in [-0.05, 0) is 44.0 Å². The molecule has 9 N–H and O–H groups in total. The Morgan fingerprint density at radius 1 is 0.857 bits per heavy atom. The van der Waals surface area contributed by atoms with Crippen molar-refractivity contribution >= 4 is 16.1 Å². The fraction of sp³-hybridized carbons (Fsp3) is 0.500. The molecule has 0 bridgehead atoms. The monoisotopic (exact) mass is 511 g/mol. The second-order valence-electron chi connectivity index (χ2n) is 8.26. The number of nitrogens with one attached hydrogen (secondary N) is 1. The number of unbranched alkanes of at least 4 members (excludes halogenated alkanes) is 7. The van der Waals surface area contributed by atoms with Gasteiger partial charge in [-0.1, -0.05) is 99.9 Å². The highest BCUT2D eigenvalue weighted by molar-refractivity contribution is 7.85. The molecule has 2 rings (SSSR count). The molecule has 0 amide bonds. The Labute approximate surface area is 211 Å². The summed E-state index contributed by atoms with van der Waals surface area (Å²) in [6.45, 7) is 4.80. The normalized spacial score (nSPS) is 11.3. The van der Waals surface area contributed by atoms with Crippen LogP contribution in [0.15, 0.2) is 59.5 Å². The SMILES string of the molecule is CCCCCCCCCCN[C@@H](Cc1ccccc1)C(=O)[O-].Cc1ccc(S(=O)(=O)[O-])cc1.[NH4+].[NH4+]. The van der Waals surface area contributed by atoms with E-state index in [0.717, 1.165) is 24.1 Å². The molecule has 2 aromatic carbocycles. The Hall–Kier alpha value is -2.30. The van der Waals surface area contributed by atoms with E-state index in [1.165, 1.54) is 57.1 Å². The van der Waals surface area contributed by atoms with Crippen LogP contribution in [0.25, 0.3) is 0 Å². The molecule has 0 saturated carbocycles. The summed E-state index contributed by atoms with van der Waals surface area (Å²) >= 11 is 0. The molecule has 0 unspecified atom stereocenters. The number of hydrogen-bond acceptors (Lipinski definition) is 6. The summed E-state index contributed by atoms with van der Waals surface area (Å²) in [5, 5.41) is 14.3. The van der Waals surface area contributed by atoms with Crippen molar-refractivity contribution in [2.24, 2.45) is 0 Å². The van der Waals surface area contributed by atoms with Crippen LogP contribution in [0.1, 0.15) is 69.4 Å². The van der Waals surface area contributed by atoms with Crippen LogP contribution in [-0.2, 0) is 21.3 Å². The van der Waals surface area contributed by atoms with Gasteiger partial charge in [0.2, 0.25) is 0 Å². The number of rotatable bonds is 14. The zero-order valence-electron chi connectivity index (χ0n) is 21.8. The average Bonchev–Trinajstić information content (AvgIpc) is 2.78. The number of quaternary nitrogens is 2. The fourth-order valence-corrected chi connectivity index (χ4v) is 3.80. The molecule has 0 spiro atoms. The third-order valence-electron chi connectivity index (χ3n) is 5.30. The number of hydrogen-bond donors (Lipinski definition) is 3. The maximum absolute atomic E-state index is 11.2. The average molecular weight is 512 g/mol. The zero-order chi connectivity index (χ0) is 24.5. The van der Waals surface area contributed by atoms with Crippen molar-refractivity contribution in [2.45, 2.75) is 82.6 Å². The van der Waals surface area contributed by atoms with Crippen LogP contribution in [0.3, 0.4) is 0 Å². The van der Waals surface area contributed by atoms with Gasteiger partial charge in [-0.25, -0.2) is 8.42 Å². The van der Waals surface area contributed by atoms with Crippen LogP contribution in [0.4, 0.5) is 0 Å². The van der Waals surface area contributed by atoms with Crippen molar-refractivity contribution in [3.8, 4) is 0 Å². The van der Waals surface area contributed by atoms with Crippen LogP contribution in [0.5, 0.6) is 0 Å². The van der Waals surface area contributed by atoms with Crippen molar-refractivity contribution in [1.82, 2.24) is 17.6 Å². The quantitative estimate of drug-likeness (QED) is 0.243. The first kappa shape index (κ1) is 34.9. The smallest absolute Gasteiger partial charge is 0.124 e. The summed E-state index contributed by atoms with van der Waals surface area (Å²) in [5.74, 6) is -1.01. The lowest BCUT2D eigenvalue weighted by molar-refractivity contribution is -0.308. The maximum Gasteiger partial charge on any atom is 0.124 e. The highest BCUT2D eigenvalue weighted by Gasteiger charge is 2.09. The summed E-state index contributed by atoms with van der Waals surface area (Å²) < 4.78 is 31.2. The second-order valence-corrected chi connectivity index (χ2v) is 9.64. The van der Waals surface area contributed by atoms with E-state index in [4.69, 9.17) is 0 Å². The molecule has 0 heterocycles. The van der Waals surface area contributed by atoms with Gasteiger partial charge in [0.05, 0.1) is 16.9 Å². The van der Waals surface area contributed by atoms with Gasteiger partial charge in [0.1, 0.15) is 10.1 Å². The van der Waals surface area contributed by atoms with Crippen LogP contribution < -0.4 is 22.7 Å². The molecule has 200 valence electrons. The number of carbonyl (C=O) groups excluding carboxylic acids is 1. The summed E-state index contributed by atoms with van der Waals surface area (Å²) in [6.07, 6.45) is 10.5. The summed E-state index contributed by atoms with van der Waals surface area (Å²) in [5.41, 5.74) is 1.96. The summed E-state index contributed by atoms with van der Waals surface area (Å²) in [6, 6.07) is 14.9. The first-order valence-electron chi connectivity index (χ1n) is 11.7. The highest BCUT2D eigenvalue weighted by atomic mass is 32.2.